The number of phenolic OH excluding ortho intramolecular Hbond substituents is 2. The summed E-state index contributed by atoms with van der Waals surface area (Å²) in [5.74, 6) is -0.0530. The van der Waals surface area contributed by atoms with Gasteiger partial charge >= 0.3 is 0 Å². The van der Waals surface area contributed by atoms with Gasteiger partial charge in [-0.3, -0.25) is 0 Å². The lowest BCUT2D eigenvalue weighted by Gasteiger charge is -2.27. The summed E-state index contributed by atoms with van der Waals surface area (Å²) in [6.07, 6.45) is 0. The van der Waals surface area contributed by atoms with Crippen LogP contribution < -0.4 is 9.47 Å². The molecule has 4 aromatic rings. The summed E-state index contributed by atoms with van der Waals surface area (Å²) < 4.78 is 17.0. The van der Waals surface area contributed by atoms with Gasteiger partial charge in [-0.15, -0.1) is 0 Å². The summed E-state index contributed by atoms with van der Waals surface area (Å²) in [7, 11) is 0. The SMILES string of the molecule is C=C(OC(=C)Oc1cc(C(C)(C)c2ccccc2)ccc1O)Oc1cc(C(C)(C)c2ccccc2)ccc1O. The first-order valence-corrected chi connectivity index (χ1v) is 12.7. The number of rotatable bonds is 10. The number of ether oxygens (including phenoxy) is 3. The van der Waals surface area contributed by atoms with E-state index in [2.05, 4.69) is 65.1 Å². The minimum absolute atomic E-state index is 0.0626. The molecule has 0 aliphatic carbocycles. The molecule has 0 bridgehead atoms. The van der Waals surface area contributed by atoms with Gasteiger partial charge in [-0.05, 0) is 59.7 Å². The number of benzene rings is 4. The molecular formula is C34H34O5. The zero-order valence-electron chi connectivity index (χ0n) is 22.8. The Morgan fingerprint density at radius 1 is 0.538 bits per heavy atom. The lowest BCUT2D eigenvalue weighted by Crippen LogP contribution is -2.19. The Hall–Kier alpha value is -4.64. The zero-order chi connectivity index (χ0) is 28.2. The van der Waals surface area contributed by atoms with Gasteiger partial charge in [0.25, 0.3) is 11.9 Å². The van der Waals surface area contributed by atoms with Gasteiger partial charge in [-0.25, -0.2) is 0 Å². The van der Waals surface area contributed by atoms with Gasteiger partial charge in [0.15, 0.2) is 23.0 Å². The standard InChI is InChI=1S/C34H34O5/c1-23(38-31-21-27(17-19-29(31)35)33(3,4)25-13-9-7-10-14-25)37-24(2)39-32-22-28(18-20-30(32)36)34(5,6)26-15-11-8-12-16-26/h7-22,35-36H,1-2H2,3-6H3. The van der Waals surface area contributed by atoms with Crippen LogP contribution in [0.1, 0.15) is 49.9 Å². The van der Waals surface area contributed by atoms with Crippen molar-refractivity contribution < 1.29 is 24.4 Å². The molecule has 0 radical (unpaired) electrons. The van der Waals surface area contributed by atoms with Gasteiger partial charge in [-0.2, -0.15) is 0 Å². The zero-order valence-corrected chi connectivity index (χ0v) is 22.8. The van der Waals surface area contributed by atoms with Crippen LogP contribution in [-0.4, -0.2) is 10.2 Å². The highest BCUT2D eigenvalue weighted by Gasteiger charge is 2.26. The predicted octanol–water partition coefficient (Wildman–Crippen LogP) is 8.17. The van der Waals surface area contributed by atoms with E-state index in [0.717, 1.165) is 22.3 Å². The van der Waals surface area contributed by atoms with Crippen LogP contribution >= 0.6 is 0 Å². The molecule has 5 heteroatoms. The van der Waals surface area contributed by atoms with E-state index >= 15 is 0 Å². The van der Waals surface area contributed by atoms with Crippen LogP contribution in [0.25, 0.3) is 0 Å². The lowest BCUT2D eigenvalue weighted by atomic mass is 9.78. The van der Waals surface area contributed by atoms with Gasteiger partial charge < -0.3 is 24.4 Å². The van der Waals surface area contributed by atoms with Crippen molar-refractivity contribution in [3.8, 4) is 23.0 Å². The van der Waals surface area contributed by atoms with Crippen LogP contribution in [0.2, 0.25) is 0 Å². The van der Waals surface area contributed by atoms with E-state index in [-0.39, 0.29) is 45.7 Å². The average molecular weight is 523 g/mol. The predicted molar refractivity (Wildman–Crippen MR) is 154 cm³/mol. The largest absolute Gasteiger partial charge is 0.504 e. The molecule has 2 N–H and O–H groups in total. The third-order valence-electron chi connectivity index (χ3n) is 7.03. The second-order valence-electron chi connectivity index (χ2n) is 10.4. The Bertz CT molecular complexity index is 1360. The van der Waals surface area contributed by atoms with Crippen LogP contribution in [0, 0.1) is 0 Å². The summed E-state index contributed by atoms with van der Waals surface area (Å²) in [6.45, 7) is 16.0. The first-order valence-electron chi connectivity index (χ1n) is 12.7. The summed E-state index contributed by atoms with van der Waals surface area (Å²) in [4.78, 5) is 0. The van der Waals surface area contributed by atoms with E-state index in [4.69, 9.17) is 14.2 Å². The molecule has 0 amide bonds. The lowest BCUT2D eigenvalue weighted by molar-refractivity contribution is 0.0889. The van der Waals surface area contributed by atoms with E-state index in [1.807, 2.05) is 48.5 Å². The molecule has 0 heterocycles. The van der Waals surface area contributed by atoms with E-state index in [1.54, 1.807) is 24.3 Å². The fourth-order valence-electron chi connectivity index (χ4n) is 4.43. The maximum atomic E-state index is 10.4. The van der Waals surface area contributed by atoms with Crippen LogP contribution in [0.15, 0.2) is 122 Å². The Morgan fingerprint density at radius 2 is 0.897 bits per heavy atom. The third-order valence-corrected chi connectivity index (χ3v) is 7.03. The first kappa shape index (κ1) is 27.4. The minimum atomic E-state index is -0.335. The van der Waals surface area contributed by atoms with Crippen molar-refractivity contribution in [2.45, 2.75) is 38.5 Å². The molecule has 0 aliphatic rings. The molecule has 0 aromatic heterocycles. The Morgan fingerprint density at radius 3 is 1.26 bits per heavy atom. The molecule has 5 nitrogen and oxygen atoms in total. The quantitative estimate of drug-likeness (QED) is 0.206. The van der Waals surface area contributed by atoms with E-state index in [9.17, 15) is 10.2 Å². The monoisotopic (exact) mass is 522 g/mol. The smallest absolute Gasteiger partial charge is 0.285 e. The van der Waals surface area contributed by atoms with Gasteiger partial charge in [0.2, 0.25) is 0 Å². The molecule has 0 aliphatic heterocycles. The molecule has 4 rings (SSSR count). The van der Waals surface area contributed by atoms with Crippen molar-refractivity contribution in [1.82, 2.24) is 0 Å². The number of aromatic hydroxyl groups is 2. The van der Waals surface area contributed by atoms with E-state index < -0.39 is 0 Å². The van der Waals surface area contributed by atoms with Crippen molar-refractivity contribution in [3.63, 3.8) is 0 Å². The number of hydrogen-bond acceptors (Lipinski definition) is 5. The highest BCUT2D eigenvalue weighted by Crippen LogP contribution is 2.39. The second-order valence-corrected chi connectivity index (χ2v) is 10.4. The second kappa shape index (κ2) is 11.0. The fourth-order valence-corrected chi connectivity index (χ4v) is 4.43. The third kappa shape index (κ3) is 6.10. The van der Waals surface area contributed by atoms with Crippen LogP contribution in [-0.2, 0) is 15.6 Å². The van der Waals surface area contributed by atoms with E-state index in [1.165, 1.54) is 0 Å². The highest BCUT2D eigenvalue weighted by molar-refractivity contribution is 5.49. The minimum Gasteiger partial charge on any atom is -0.504 e. The molecule has 0 saturated carbocycles. The summed E-state index contributed by atoms with van der Waals surface area (Å²) >= 11 is 0. The van der Waals surface area contributed by atoms with Crippen LogP contribution in [0.5, 0.6) is 23.0 Å². The Balaban J connectivity index is 1.46. The van der Waals surface area contributed by atoms with Crippen molar-refractivity contribution in [1.29, 1.82) is 0 Å². The van der Waals surface area contributed by atoms with Crippen LogP contribution in [0.4, 0.5) is 0 Å². The summed E-state index contributed by atoms with van der Waals surface area (Å²) in [5.41, 5.74) is 3.45. The fraction of sp³-hybridized carbons (Fsp3) is 0.176. The van der Waals surface area contributed by atoms with Gasteiger partial charge in [0.05, 0.1) is 0 Å². The maximum Gasteiger partial charge on any atom is 0.285 e. The molecule has 39 heavy (non-hydrogen) atoms. The molecule has 0 fully saturated rings. The number of phenols is 2. The molecule has 0 unspecified atom stereocenters. The summed E-state index contributed by atoms with van der Waals surface area (Å²) in [5, 5.41) is 20.8. The van der Waals surface area contributed by atoms with Crippen molar-refractivity contribution in [3.05, 3.63) is 144 Å². The van der Waals surface area contributed by atoms with Crippen molar-refractivity contribution in [2.24, 2.45) is 0 Å². The topological polar surface area (TPSA) is 68.2 Å². The Kier molecular flexibility index (Phi) is 7.73. The van der Waals surface area contributed by atoms with Crippen molar-refractivity contribution in [2.75, 3.05) is 0 Å². The normalized spacial score (nSPS) is 11.5. The molecular weight excluding hydrogens is 488 g/mol. The average Bonchev–Trinajstić information content (AvgIpc) is 2.92. The molecule has 200 valence electrons. The molecule has 0 atom stereocenters. The molecule has 0 saturated heterocycles. The maximum absolute atomic E-state index is 10.4. The summed E-state index contributed by atoms with van der Waals surface area (Å²) in [6, 6.07) is 30.5. The van der Waals surface area contributed by atoms with Gasteiger partial charge in [0.1, 0.15) is 0 Å². The van der Waals surface area contributed by atoms with Crippen molar-refractivity contribution >= 4 is 0 Å². The Labute approximate surface area is 230 Å². The number of hydrogen-bond donors (Lipinski definition) is 2. The highest BCUT2D eigenvalue weighted by atomic mass is 16.7. The molecule has 0 spiro atoms. The van der Waals surface area contributed by atoms with Crippen LogP contribution in [0.3, 0.4) is 0 Å². The van der Waals surface area contributed by atoms with Gasteiger partial charge in [0, 0.05) is 10.8 Å². The van der Waals surface area contributed by atoms with Gasteiger partial charge in [-0.1, -0.05) is 100 Å². The van der Waals surface area contributed by atoms with E-state index in [0.29, 0.717) is 0 Å². The molecule has 4 aromatic carbocycles. The first-order chi connectivity index (χ1) is 18.5.